The first-order valence-electron chi connectivity index (χ1n) is 5.25. The van der Waals surface area contributed by atoms with E-state index in [9.17, 15) is 4.79 Å². The van der Waals surface area contributed by atoms with E-state index in [1.807, 2.05) is 12.1 Å². The smallest absolute Gasteiger partial charge is 0.134 e. The molecule has 0 bridgehead atoms. The van der Waals surface area contributed by atoms with Crippen LogP contribution in [0.3, 0.4) is 0 Å². The fourth-order valence-corrected chi connectivity index (χ4v) is 2.51. The zero-order chi connectivity index (χ0) is 11.7. The van der Waals surface area contributed by atoms with Gasteiger partial charge in [0.05, 0.1) is 10.0 Å². The highest BCUT2D eigenvalue weighted by atomic mass is 35.5. The van der Waals surface area contributed by atoms with Gasteiger partial charge in [-0.3, -0.25) is 4.79 Å². The summed E-state index contributed by atoms with van der Waals surface area (Å²) in [6, 6.07) is 5.59. The molecule has 2 unspecified atom stereocenters. The molecule has 1 aliphatic heterocycles. The first-order valence-corrected chi connectivity index (χ1v) is 6.01. The summed E-state index contributed by atoms with van der Waals surface area (Å²) in [7, 11) is 0. The lowest BCUT2D eigenvalue weighted by Gasteiger charge is -2.16. The number of halogens is 2. The molecule has 0 radical (unpaired) electrons. The third-order valence-corrected chi connectivity index (χ3v) is 3.85. The highest BCUT2D eigenvalue weighted by Crippen LogP contribution is 2.32. The molecular formula is C12H13Cl2NO. The summed E-state index contributed by atoms with van der Waals surface area (Å²) < 4.78 is 0. The van der Waals surface area contributed by atoms with Crippen molar-refractivity contribution in [3.63, 3.8) is 0 Å². The molecule has 0 spiro atoms. The number of rotatable bonds is 2. The van der Waals surface area contributed by atoms with Crippen LogP contribution >= 0.6 is 23.2 Å². The Morgan fingerprint density at radius 2 is 2.06 bits per heavy atom. The van der Waals surface area contributed by atoms with Gasteiger partial charge in [0, 0.05) is 24.9 Å². The summed E-state index contributed by atoms with van der Waals surface area (Å²) in [5, 5.41) is 4.34. The Labute approximate surface area is 105 Å². The third-order valence-electron chi connectivity index (χ3n) is 3.11. The van der Waals surface area contributed by atoms with Gasteiger partial charge in [0.15, 0.2) is 0 Å². The maximum atomic E-state index is 11.5. The average Bonchev–Trinajstić information content (AvgIpc) is 2.71. The number of ketones is 1. The lowest BCUT2D eigenvalue weighted by molar-refractivity contribution is -0.120. The number of Topliss-reactive ketones (excluding diaryl/α,β-unsaturated/α-hetero) is 1. The Kier molecular flexibility index (Phi) is 3.53. The minimum atomic E-state index is 0.0530. The van der Waals surface area contributed by atoms with Crippen LogP contribution in [0, 0.1) is 5.92 Å². The Bertz CT molecular complexity index is 419. The summed E-state index contributed by atoms with van der Waals surface area (Å²) in [6.07, 6.45) is 0. The number of carbonyl (C=O) groups is 1. The van der Waals surface area contributed by atoms with Crippen molar-refractivity contribution in [2.45, 2.75) is 12.8 Å². The zero-order valence-corrected chi connectivity index (χ0v) is 10.5. The fraction of sp³-hybridized carbons (Fsp3) is 0.417. The van der Waals surface area contributed by atoms with Crippen LogP contribution in [0.25, 0.3) is 0 Å². The normalized spacial score (nSPS) is 24.7. The van der Waals surface area contributed by atoms with Crippen LogP contribution in [0.5, 0.6) is 0 Å². The predicted molar refractivity (Wildman–Crippen MR) is 66.2 cm³/mol. The lowest BCUT2D eigenvalue weighted by Crippen LogP contribution is -2.18. The molecule has 0 amide bonds. The molecule has 1 aliphatic rings. The molecule has 1 saturated heterocycles. The van der Waals surface area contributed by atoms with Crippen molar-refractivity contribution < 1.29 is 4.79 Å². The van der Waals surface area contributed by atoms with E-state index in [2.05, 4.69) is 5.32 Å². The van der Waals surface area contributed by atoms with E-state index in [0.29, 0.717) is 10.0 Å². The molecule has 86 valence electrons. The van der Waals surface area contributed by atoms with E-state index < -0.39 is 0 Å². The molecule has 1 aromatic carbocycles. The van der Waals surface area contributed by atoms with Crippen molar-refractivity contribution in [3.8, 4) is 0 Å². The van der Waals surface area contributed by atoms with E-state index in [0.717, 1.165) is 18.7 Å². The number of carbonyl (C=O) groups excluding carboxylic acids is 1. The Balaban J connectivity index is 2.29. The van der Waals surface area contributed by atoms with Gasteiger partial charge in [-0.25, -0.2) is 0 Å². The number of nitrogens with one attached hydrogen (secondary N) is 1. The quantitative estimate of drug-likeness (QED) is 0.883. The number of benzene rings is 1. The van der Waals surface area contributed by atoms with Crippen LogP contribution < -0.4 is 5.32 Å². The predicted octanol–water partition coefficient (Wildman–Crippen LogP) is 2.89. The van der Waals surface area contributed by atoms with Gasteiger partial charge in [0.25, 0.3) is 0 Å². The molecule has 2 rings (SSSR count). The number of hydrogen-bond acceptors (Lipinski definition) is 2. The largest absolute Gasteiger partial charge is 0.315 e. The van der Waals surface area contributed by atoms with Crippen LogP contribution in [0.15, 0.2) is 18.2 Å². The van der Waals surface area contributed by atoms with Crippen molar-refractivity contribution >= 4 is 29.0 Å². The van der Waals surface area contributed by atoms with Gasteiger partial charge >= 0.3 is 0 Å². The first-order chi connectivity index (χ1) is 7.59. The van der Waals surface area contributed by atoms with E-state index in [-0.39, 0.29) is 17.6 Å². The Morgan fingerprint density at radius 3 is 2.69 bits per heavy atom. The summed E-state index contributed by atoms with van der Waals surface area (Å²) in [4.78, 5) is 11.5. The second-order valence-electron chi connectivity index (χ2n) is 4.16. The molecule has 2 atom stereocenters. The molecule has 1 aromatic rings. The van der Waals surface area contributed by atoms with E-state index in [4.69, 9.17) is 23.2 Å². The molecule has 1 heterocycles. The van der Waals surface area contributed by atoms with Crippen LogP contribution in [0.2, 0.25) is 10.0 Å². The van der Waals surface area contributed by atoms with Gasteiger partial charge in [-0.15, -0.1) is 0 Å². The first kappa shape index (κ1) is 11.9. The summed E-state index contributed by atoms with van der Waals surface area (Å²) in [5.74, 6) is 0.491. The molecule has 0 aliphatic carbocycles. The molecular weight excluding hydrogens is 245 g/mol. The molecule has 16 heavy (non-hydrogen) atoms. The van der Waals surface area contributed by atoms with Gasteiger partial charge in [0.1, 0.15) is 5.78 Å². The topological polar surface area (TPSA) is 29.1 Å². The molecule has 1 N–H and O–H groups in total. The minimum absolute atomic E-state index is 0.0530. The van der Waals surface area contributed by atoms with Gasteiger partial charge < -0.3 is 5.32 Å². The molecule has 4 heteroatoms. The molecule has 2 nitrogen and oxygen atoms in total. The minimum Gasteiger partial charge on any atom is -0.315 e. The van der Waals surface area contributed by atoms with E-state index in [1.54, 1.807) is 13.0 Å². The fourth-order valence-electron chi connectivity index (χ4n) is 2.20. The second-order valence-corrected chi connectivity index (χ2v) is 4.97. The summed E-state index contributed by atoms with van der Waals surface area (Å²) in [5.41, 5.74) is 1.08. The van der Waals surface area contributed by atoms with Crippen molar-refractivity contribution in [3.05, 3.63) is 33.8 Å². The van der Waals surface area contributed by atoms with Gasteiger partial charge in [-0.2, -0.15) is 0 Å². The van der Waals surface area contributed by atoms with Gasteiger partial charge in [-0.05, 0) is 24.6 Å². The Morgan fingerprint density at radius 1 is 1.31 bits per heavy atom. The van der Waals surface area contributed by atoms with E-state index >= 15 is 0 Å². The summed E-state index contributed by atoms with van der Waals surface area (Å²) >= 11 is 11.9. The highest BCUT2D eigenvalue weighted by Gasteiger charge is 2.31. The van der Waals surface area contributed by atoms with Crippen LogP contribution in [0.1, 0.15) is 18.4 Å². The molecule has 0 saturated carbocycles. The van der Waals surface area contributed by atoms with Crippen molar-refractivity contribution in [2.24, 2.45) is 5.92 Å². The Hall–Kier alpha value is -0.570. The molecule has 0 aromatic heterocycles. The highest BCUT2D eigenvalue weighted by molar-refractivity contribution is 6.42. The zero-order valence-electron chi connectivity index (χ0n) is 8.97. The van der Waals surface area contributed by atoms with E-state index in [1.165, 1.54) is 0 Å². The third kappa shape index (κ3) is 2.24. The van der Waals surface area contributed by atoms with Gasteiger partial charge in [-0.1, -0.05) is 29.3 Å². The van der Waals surface area contributed by atoms with Crippen molar-refractivity contribution in [1.29, 1.82) is 0 Å². The summed E-state index contributed by atoms with van der Waals surface area (Å²) in [6.45, 7) is 3.21. The standard InChI is InChI=1S/C12H13Cl2NO/c1-7(16)9-5-15-6-10(9)8-2-3-11(13)12(14)4-8/h2-4,9-10,15H,5-6H2,1H3. The average molecular weight is 258 g/mol. The maximum absolute atomic E-state index is 11.5. The van der Waals surface area contributed by atoms with Crippen LogP contribution in [-0.2, 0) is 4.79 Å². The van der Waals surface area contributed by atoms with Crippen LogP contribution in [-0.4, -0.2) is 18.9 Å². The number of hydrogen-bond donors (Lipinski definition) is 1. The van der Waals surface area contributed by atoms with Gasteiger partial charge in [0.2, 0.25) is 0 Å². The monoisotopic (exact) mass is 257 g/mol. The lowest BCUT2D eigenvalue weighted by atomic mass is 9.87. The maximum Gasteiger partial charge on any atom is 0.134 e. The SMILES string of the molecule is CC(=O)C1CNCC1c1ccc(Cl)c(Cl)c1. The molecule has 1 fully saturated rings. The second kappa shape index (κ2) is 4.74. The van der Waals surface area contributed by atoms with Crippen LogP contribution in [0.4, 0.5) is 0 Å². The van der Waals surface area contributed by atoms with Crippen molar-refractivity contribution in [1.82, 2.24) is 5.32 Å². The van der Waals surface area contributed by atoms with Crippen molar-refractivity contribution in [2.75, 3.05) is 13.1 Å².